The molecule has 4 heteroatoms. The van der Waals surface area contributed by atoms with Gasteiger partial charge in [-0.05, 0) is 32.1 Å². The lowest BCUT2D eigenvalue weighted by Gasteiger charge is -2.33. The maximum atomic E-state index is 12.1. The van der Waals surface area contributed by atoms with Gasteiger partial charge < -0.3 is 15.5 Å². The summed E-state index contributed by atoms with van der Waals surface area (Å²) in [5.41, 5.74) is 8.18. The molecule has 0 bridgehead atoms. The van der Waals surface area contributed by atoms with Gasteiger partial charge in [-0.3, -0.25) is 4.79 Å². The molecule has 1 aliphatic rings. The second-order valence-electron chi connectivity index (χ2n) is 4.84. The molecule has 1 aliphatic heterocycles. The minimum atomic E-state index is 0.0380. The summed E-state index contributed by atoms with van der Waals surface area (Å²) in [7, 11) is 3.79. The van der Waals surface area contributed by atoms with Gasteiger partial charge in [-0.2, -0.15) is 0 Å². The van der Waals surface area contributed by atoms with E-state index >= 15 is 0 Å². The molecular formula is C13H19N3O. The fraction of sp³-hybridized carbons (Fsp3) is 0.462. The zero-order valence-corrected chi connectivity index (χ0v) is 10.4. The van der Waals surface area contributed by atoms with E-state index in [4.69, 9.17) is 5.73 Å². The van der Waals surface area contributed by atoms with E-state index in [0.29, 0.717) is 13.1 Å². The number of fused-ring (bicyclic) bond motifs is 1. The van der Waals surface area contributed by atoms with E-state index in [2.05, 4.69) is 0 Å². The number of rotatable bonds is 2. The number of hydrogen-bond donors (Lipinski definition) is 1. The number of para-hydroxylation sites is 1. The van der Waals surface area contributed by atoms with Crippen LogP contribution in [-0.2, 0) is 11.2 Å². The number of nitrogens with zero attached hydrogens (tertiary/aromatic N) is 2. The smallest absolute Gasteiger partial charge is 0.241 e. The number of likely N-dealkylation sites (N-methyl/N-ethyl adjacent to an activating group) is 1. The van der Waals surface area contributed by atoms with E-state index in [0.717, 1.165) is 12.1 Å². The molecule has 1 heterocycles. The molecule has 1 unspecified atom stereocenters. The van der Waals surface area contributed by atoms with Gasteiger partial charge in [-0.25, -0.2) is 0 Å². The maximum absolute atomic E-state index is 12.1. The van der Waals surface area contributed by atoms with Gasteiger partial charge in [0.25, 0.3) is 0 Å². The Morgan fingerprint density at radius 2 is 2.18 bits per heavy atom. The summed E-state index contributed by atoms with van der Waals surface area (Å²) in [5.74, 6) is 0.109. The predicted octanol–water partition coefficient (Wildman–Crippen LogP) is 0.465. The lowest BCUT2D eigenvalue weighted by molar-refractivity contribution is -0.119. The summed E-state index contributed by atoms with van der Waals surface area (Å²) < 4.78 is 0. The Morgan fingerprint density at radius 3 is 2.88 bits per heavy atom. The van der Waals surface area contributed by atoms with Crippen LogP contribution in [0.5, 0.6) is 0 Å². The Labute approximate surface area is 102 Å². The first-order valence-corrected chi connectivity index (χ1v) is 5.86. The Balaban J connectivity index is 2.26. The minimum Gasteiger partial charge on any atom is -0.326 e. The monoisotopic (exact) mass is 233 g/mol. The molecule has 0 saturated heterocycles. The quantitative estimate of drug-likeness (QED) is 0.807. The molecule has 1 aromatic carbocycles. The van der Waals surface area contributed by atoms with Crippen molar-refractivity contribution in [1.82, 2.24) is 4.90 Å². The molecule has 17 heavy (non-hydrogen) atoms. The SMILES string of the molecule is CN(C)CC(=O)N1CC(N)Cc2ccccc21. The highest BCUT2D eigenvalue weighted by Crippen LogP contribution is 2.26. The zero-order valence-electron chi connectivity index (χ0n) is 10.4. The van der Waals surface area contributed by atoms with Crippen LogP contribution in [0.4, 0.5) is 5.69 Å². The molecule has 2 rings (SSSR count). The first-order valence-electron chi connectivity index (χ1n) is 5.86. The summed E-state index contributed by atoms with van der Waals surface area (Å²) in [4.78, 5) is 15.8. The number of hydrogen-bond acceptors (Lipinski definition) is 3. The molecule has 2 N–H and O–H groups in total. The van der Waals surface area contributed by atoms with E-state index in [1.165, 1.54) is 5.56 Å². The van der Waals surface area contributed by atoms with Gasteiger partial charge >= 0.3 is 0 Å². The Morgan fingerprint density at radius 1 is 1.47 bits per heavy atom. The third kappa shape index (κ3) is 2.65. The van der Waals surface area contributed by atoms with Crippen molar-refractivity contribution in [2.75, 3.05) is 32.1 Å². The van der Waals surface area contributed by atoms with Gasteiger partial charge in [0.2, 0.25) is 5.91 Å². The maximum Gasteiger partial charge on any atom is 0.241 e. The second-order valence-corrected chi connectivity index (χ2v) is 4.84. The highest BCUT2D eigenvalue weighted by atomic mass is 16.2. The fourth-order valence-corrected chi connectivity index (χ4v) is 2.22. The van der Waals surface area contributed by atoms with Gasteiger partial charge in [0.1, 0.15) is 0 Å². The van der Waals surface area contributed by atoms with E-state index in [1.807, 2.05) is 48.2 Å². The van der Waals surface area contributed by atoms with Crippen LogP contribution < -0.4 is 10.6 Å². The van der Waals surface area contributed by atoms with Crippen LogP contribution in [0.3, 0.4) is 0 Å². The number of anilines is 1. The Hall–Kier alpha value is -1.39. The number of amides is 1. The molecule has 0 aromatic heterocycles. The molecule has 1 amide bonds. The topological polar surface area (TPSA) is 49.6 Å². The van der Waals surface area contributed by atoms with Crippen LogP contribution >= 0.6 is 0 Å². The molecule has 0 radical (unpaired) electrons. The number of benzene rings is 1. The van der Waals surface area contributed by atoms with E-state index in [9.17, 15) is 4.79 Å². The number of carbonyl (C=O) groups is 1. The van der Waals surface area contributed by atoms with Gasteiger partial charge in [0.15, 0.2) is 0 Å². The van der Waals surface area contributed by atoms with E-state index in [-0.39, 0.29) is 11.9 Å². The van der Waals surface area contributed by atoms with Crippen LogP contribution in [0.2, 0.25) is 0 Å². The normalized spacial score (nSPS) is 19.3. The lowest BCUT2D eigenvalue weighted by Crippen LogP contribution is -2.48. The van der Waals surface area contributed by atoms with Gasteiger partial charge in [0, 0.05) is 18.3 Å². The molecule has 0 saturated carbocycles. The molecule has 92 valence electrons. The first kappa shape index (κ1) is 12.1. The zero-order chi connectivity index (χ0) is 12.4. The van der Waals surface area contributed by atoms with Crippen LogP contribution in [-0.4, -0.2) is 44.0 Å². The summed E-state index contributed by atoms with van der Waals surface area (Å²) >= 11 is 0. The van der Waals surface area contributed by atoms with E-state index in [1.54, 1.807) is 0 Å². The van der Waals surface area contributed by atoms with Crippen molar-refractivity contribution in [3.63, 3.8) is 0 Å². The molecule has 1 aromatic rings. The molecule has 0 fully saturated rings. The van der Waals surface area contributed by atoms with Crippen LogP contribution in [0.15, 0.2) is 24.3 Å². The van der Waals surface area contributed by atoms with Gasteiger partial charge in [-0.15, -0.1) is 0 Å². The minimum absolute atomic E-state index is 0.0380. The second kappa shape index (κ2) is 4.85. The van der Waals surface area contributed by atoms with Gasteiger partial charge in [0.05, 0.1) is 6.54 Å². The highest BCUT2D eigenvalue weighted by molar-refractivity contribution is 5.96. The van der Waals surface area contributed by atoms with Crippen molar-refractivity contribution in [3.05, 3.63) is 29.8 Å². The van der Waals surface area contributed by atoms with Crippen LogP contribution in [0, 0.1) is 0 Å². The summed E-state index contributed by atoms with van der Waals surface area (Å²) in [6.45, 7) is 1.03. The van der Waals surface area contributed by atoms with Crippen molar-refractivity contribution < 1.29 is 4.79 Å². The van der Waals surface area contributed by atoms with Crippen molar-refractivity contribution in [1.29, 1.82) is 0 Å². The predicted molar refractivity (Wildman–Crippen MR) is 69.0 cm³/mol. The molecule has 0 aliphatic carbocycles. The van der Waals surface area contributed by atoms with Crippen molar-refractivity contribution in [2.24, 2.45) is 5.73 Å². The molecular weight excluding hydrogens is 214 g/mol. The third-order valence-electron chi connectivity index (χ3n) is 2.93. The molecule has 0 spiro atoms. The van der Waals surface area contributed by atoms with Crippen molar-refractivity contribution in [2.45, 2.75) is 12.5 Å². The highest BCUT2D eigenvalue weighted by Gasteiger charge is 2.26. The number of carbonyl (C=O) groups excluding carboxylic acids is 1. The fourth-order valence-electron chi connectivity index (χ4n) is 2.22. The average Bonchev–Trinajstić information content (AvgIpc) is 2.26. The first-order chi connectivity index (χ1) is 8.08. The Bertz CT molecular complexity index is 417. The molecule has 4 nitrogen and oxygen atoms in total. The van der Waals surface area contributed by atoms with E-state index < -0.39 is 0 Å². The summed E-state index contributed by atoms with van der Waals surface area (Å²) in [5, 5.41) is 0. The van der Waals surface area contributed by atoms with Crippen molar-refractivity contribution >= 4 is 11.6 Å². The number of nitrogens with two attached hydrogens (primary N) is 1. The molecule has 1 atom stereocenters. The lowest BCUT2D eigenvalue weighted by atomic mass is 9.98. The summed E-state index contributed by atoms with van der Waals surface area (Å²) in [6, 6.07) is 8.03. The Kier molecular flexibility index (Phi) is 3.45. The standard InChI is InChI=1S/C13H19N3O/c1-15(2)9-13(17)16-8-11(14)7-10-5-3-4-6-12(10)16/h3-6,11H,7-9,14H2,1-2H3. The largest absolute Gasteiger partial charge is 0.326 e. The van der Waals surface area contributed by atoms with Crippen LogP contribution in [0.1, 0.15) is 5.56 Å². The van der Waals surface area contributed by atoms with Crippen molar-refractivity contribution in [3.8, 4) is 0 Å². The van der Waals surface area contributed by atoms with Crippen LogP contribution in [0.25, 0.3) is 0 Å². The van der Waals surface area contributed by atoms with Gasteiger partial charge in [-0.1, -0.05) is 18.2 Å². The summed E-state index contributed by atoms with van der Waals surface area (Å²) in [6.07, 6.45) is 0.849. The average molecular weight is 233 g/mol. The third-order valence-corrected chi connectivity index (χ3v) is 2.93.